The lowest BCUT2D eigenvalue weighted by atomic mass is 10.1. The number of H-pyrrole nitrogens is 1. The van der Waals surface area contributed by atoms with Crippen molar-refractivity contribution in [3.05, 3.63) is 84.6 Å². The molecule has 0 aliphatic rings. The third kappa shape index (κ3) is 4.24. The molecule has 0 aliphatic carbocycles. The monoisotopic (exact) mass is 386 g/mol. The zero-order chi connectivity index (χ0) is 20.1. The van der Waals surface area contributed by atoms with E-state index in [-0.39, 0.29) is 0 Å². The van der Waals surface area contributed by atoms with Crippen molar-refractivity contribution in [1.29, 1.82) is 0 Å². The number of methoxy groups -OCH3 is 2. The fraction of sp³-hybridized carbons (Fsp3) is 0.125. The second-order valence-corrected chi connectivity index (χ2v) is 6.51. The minimum atomic E-state index is 0.488. The van der Waals surface area contributed by atoms with Crippen molar-refractivity contribution in [3.63, 3.8) is 0 Å². The van der Waals surface area contributed by atoms with Crippen LogP contribution in [0.4, 0.5) is 0 Å². The van der Waals surface area contributed by atoms with Gasteiger partial charge in [0.2, 0.25) is 0 Å². The predicted molar refractivity (Wildman–Crippen MR) is 113 cm³/mol. The minimum Gasteiger partial charge on any atom is -0.497 e. The fourth-order valence-electron chi connectivity index (χ4n) is 3.05. The van der Waals surface area contributed by atoms with Crippen molar-refractivity contribution in [1.82, 2.24) is 9.97 Å². The summed E-state index contributed by atoms with van der Waals surface area (Å²) >= 11 is 0. The zero-order valence-electron chi connectivity index (χ0n) is 16.4. The molecule has 0 radical (unpaired) electrons. The third-order valence-corrected chi connectivity index (χ3v) is 4.65. The number of ether oxygens (including phenoxy) is 3. The van der Waals surface area contributed by atoms with Crippen molar-refractivity contribution in [2.24, 2.45) is 0 Å². The number of benzene rings is 3. The fourth-order valence-corrected chi connectivity index (χ4v) is 3.05. The molecule has 0 saturated carbocycles. The highest BCUT2D eigenvalue weighted by atomic mass is 16.5. The number of aromatic amines is 1. The molecule has 5 nitrogen and oxygen atoms in total. The van der Waals surface area contributed by atoms with Gasteiger partial charge in [0.25, 0.3) is 0 Å². The maximum atomic E-state index is 5.94. The number of imidazole rings is 1. The van der Waals surface area contributed by atoms with Gasteiger partial charge in [-0.15, -0.1) is 0 Å². The van der Waals surface area contributed by atoms with Gasteiger partial charge in [0.15, 0.2) is 11.5 Å². The van der Waals surface area contributed by atoms with Crippen LogP contribution in [0.2, 0.25) is 0 Å². The van der Waals surface area contributed by atoms with E-state index in [1.165, 1.54) is 0 Å². The first kappa shape index (κ1) is 18.6. The Morgan fingerprint density at radius 1 is 0.793 bits per heavy atom. The average molecular weight is 386 g/mol. The second kappa shape index (κ2) is 8.52. The molecule has 5 heteroatoms. The molecule has 0 amide bonds. The molecule has 0 spiro atoms. The molecule has 3 aromatic carbocycles. The van der Waals surface area contributed by atoms with Crippen LogP contribution in [0.15, 0.2) is 79.0 Å². The number of nitrogens with zero attached hydrogens (tertiary/aromatic N) is 1. The van der Waals surface area contributed by atoms with E-state index in [1.807, 2.05) is 79.0 Å². The summed E-state index contributed by atoms with van der Waals surface area (Å²) in [6.07, 6.45) is 1.82. The number of aromatic nitrogens is 2. The summed E-state index contributed by atoms with van der Waals surface area (Å²) in [5.41, 5.74) is 3.98. The van der Waals surface area contributed by atoms with E-state index in [9.17, 15) is 0 Å². The van der Waals surface area contributed by atoms with Crippen molar-refractivity contribution < 1.29 is 14.2 Å². The molecule has 146 valence electrons. The van der Waals surface area contributed by atoms with Gasteiger partial charge in [0, 0.05) is 11.1 Å². The van der Waals surface area contributed by atoms with Crippen LogP contribution in [0, 0.1) is 0 Å². The van der Waals surface area contributed by atoms with Gasteiger partial charge < -0.3 is 19.2 Å². The first-order chi connectivity index (χ1) is 14.3. The average Bonchev–Trinajstić information content (AvgIpc) is 3.28. The normalized spacial score (nSPS) is 10.6. The van der Waals surface area contributed by atoms with Crippen molar-refractivity contribution in [2.75, 3.05) is 14.2 Å². The predicted octanol–water partition coefficient (Wildman–Crippen LogP) is 5.34. The quantitative estimate of drug-likeness (QED) is 0.466. The van der Waals surface area contributed by atoms with Gasteiger partial charge in [-0.3, -0.25) is 0 Å². The van der Waals surface area contributed by atoms with Gasteiger partial charge in [-0.1, -0.05) is 30.3 Å². The van der Waals surface area contributed by atoms with E-state index >= 15 is 0 Å². The molecule has 0 unspecified atom stereocenters. The molecule has 1 aromatic heterocycles. The highest BCUT2D eigenvalue weighted by Crippen LogP contribution is 2.33. The summed E-state index contributed by atoms with van der Waals surface area (Å²) in [5.74, 6) is 3.00. The Balaban J connectivity index is 1.53. The molecule has 29 heavy (non-hydrogen) atoms. The third-order valence-electron chi connectivity index (χ3n) is 4.65. The van der Waals surface area contributed by atoms with E-state index in [0.717, 1.165) is 34.0 Å². The summed E-state index contributed by atoms with van der Waals surface area (Å²) in [5, 5.41) is 0. The summed E-state index contributed by atoms with van der Waals surface area (Å²) in [7, 11) is 3.30. The largest absolute Gasteiger partial charge is 0.497 e. The molecule has 0 atom stereocenters. The molecular weight excluding hydrogens is 364 g/mol. The van der Waals surface area contributed by atoms with Crippen LogP contribution in [0.3, 0.4) is 0 Å². The van der Waals surface area contributed by atoms with Crippen LogP contribution in [-0.2, 0) is 6.61 Å². The molecule has 1 heterocycles. The standard InChI is InChI=1S/C24H22N2O3/c1-27-20-11-8-18(9-12-20)24-25-15-21(26-24)19-10-13-22(23(14-19)28-2)29-16-17-6-4-3-5-7-17/h3-15H,16H2,1-2H3,(H,25,26). The molecule has 1 N–H and O–H groups in total. The Bertz CT molecular complexity index is 1070. The molecule has 0 bridgehead atoms. The number of nitrogens with one attached hydrogen (secondary N) is 1. The van der Waals surface area contributed by atoms with Gasteiger partial charge in [0.05, 0.1) is 26.1 Å². The summed E-state index contributed by atoms with van der Waals surface area (Å²) in [4.78, 5) is 7.87. The molecular formula is C24H22N2O3. The second-order valence-electron chi connectivity index (χ2n) is 6.51. The SMILES string of the molecule is COc1ccc(-c2ncc(-c3ccc(OCc4ccccc4)c(OC)c3)[nH]2)cc1. The van der Waals surface area contributed by atoms with Crippen molar-refractivity contribution in [2.45, 2.75) is 6.61 Å². The van der Waals surface area contributed by atoms with Gasteiger partial charge in [0.1, 0.15) is 18.2 Å². The maximum absolute atomic E-state index is 5.94. The Morgan fingerprint density at radius 3 is 2.28 bits per heavy atom. The topological polar surface area (TPSA) is 56.4 Å². The van der Waals surface area contributed by atoms with Crippen LogP contribution in [0.5, 0.6) is 17.2 Å². The molecule has 4 rings (SSSR count). The Morgan fingerprint density at radius 2 is 1.55 bits per heavy atom. The van der Waals surface area contributed by atoms with Crippen LogP contribution >= 0.6 is 0 Å². The Kier molecular flexibility index (Phi) is 5.47. The lowest BCUT2D eigenvalue weighted by molar-refractivity contribution is 0.284. The van der Waals surface area contributed by atoms with Crippen LogP contribution in [0.1, 0.15) is 5.56 Å². The first-order valence-electron chi connectivity index (χ1n) is 9.31. The minimum absolute atomic E-state index is 0.488. The lowest BCUT2D eigenvalue weighted by Crippen LogP contribution is -1.97. The van der Waals surface area contributed by atoms with Crippen molar-refractivity contribution in [3.8, 4) is 39.9 Å². The molecule has 4 aromatic rings. The molecule has 0 aliphatic heterocycles. The Labute approximate surface area is 169 Å². The van der Waals surface area contributed by atoms with Gasteiger partial charge in [-0.2, -0.15) is 0 Å². The lowest BCUT2D eigenvalue weighted by Gasteiger charge is -2.12. The van der Waals surface area contributed by atoms with E-state index in [0.29, 0.717) is 18.1 Å². The van der Waals surface area contributed by atoms with E-state index in [4.69, 9.17) is 14.2 Å². The van der Waals surface area contributed by atoms with Crippen LogP contribution in [0.25, 0.3) is 22.6 Å². The Hall–Kier alpha value is -3.73. The summed E-state index contributed by atoms with van der Waals surface area (Å²) in [6, 6.07) is 23.7. The summed E-state index contributed by atoms with van der Waals surface area (Å²) in [6.45, 7) is 0.488. The van der Waals surface area contributed by atoms with Crippen molar-refractivity contribution >= 4 is 0 Å². The molecule has 0 saturated heterocycles. The van der Waals surface area contributed by atoms with Gasteiger partial charge in [-0.25, -0.2) is 4.98 Å². The zero-order valence-corrected chi connectivity index (χ0v) is 16.4. The van der Waals surface area contributed by atoms with E-state index in [1.54, 1.807) is 14.2 Å². The maximum Gasteiger partial charge on any atom is 0.161 e. The van der Waals surface area contributed by atoms with Gasteiger partial charge >= 0.3 is 0 Å². The number of hydrogen-bond acceptors (Lipinski definition) is 4. The number of rotatable bonds is 7. The van der Waals surface area contributed by atoms with E-state index in [2.05, 4.69) is 9.97 Å². The highest BCUT2D eigenvalue weighted by molar-refractivity contribution is 5.67. The molecule has 0 fully saturated rings. The first-order valence-corrected chi connectivity index (χ1v) is 9.31. The van der Waals surface area contributed by atoms with Gasteiger partial charge in [-0.05, 0) is 48.0 Å². The van der Waals surface area contributed by atoms with Crippen LogP contribution in [-0.4, -0.2) is 24.2 Å². The smallest absolute Gasteiger partial charge is 0.161 e. The summed E-state index contributed by atoms with van der Waals surface area (Å²) < 4.78 is 16.7. The highest BCUT2D eigenvalue weighted by Gasteiger charge is 2.10. The van der Waals surface area contributed by atoms with E-state index < -0.39 is 0 Å². The number of hydrogen-bond donors (Lipinski definition) is 1. The van der Waals surface area contributed by atoms with Crippen LogP contribution < -0.4 is 14.2 Å².